The van der Waals surface area contributed by atoms with Crippen LogP contribution in [0.1, 0.15) is 16.8 Å². The molecule has 4 N–H and O–H groups in total. The van der Waals surface area contributed by atoms with Gasteiger partial charge in [-0.25, -0.2) is 4.79 Å². The molecule has 0 aromatic heterocycles. The van der Waals surface area contributed by atoms with Crippen LogP contribution in [0.15, 0.2) is 30.9 Å². The van der Waals surface area contributed by atoms with Crippen molar-refractivity contribution in [2.45, 2.75) is 12.5 Å². The number of rotatable bonds is 5. The number of hydrogen-bond acceptors (Lipinski definition) is 4. The molecule has 1 atom stereocenters. The van der Waals surface area contributed by atoms with Crippen molar-refractivity contribution in [3.63, 3.8) is 0 Å². The van der Waals surface area contributed by atoms with Crippen molar-refractivity contribution in [3.05, 3.63) is 36.4 Å². The highest BCUT2D eigenvalue weighted by Crippen LogP contribution is 2.28. The number of benzene rings is 1. The number of aliphatic carboxylic acids is 1. The van der Waals surface area contributed by atoms with Crippen molar-refractivity contribution in [3.8, 4) is 11.5 Å². The van der Waals surface area contributed by atoms with Gasteiger partial charge in [-0.1, -0.05) is 12.1 Å². The van der Waals surface area contributed by atoms with Crippen molar-refractivity contribution >= 4 is 11.9 Å². The quantitative estimate of drug-likeness (QED) is 0.458. The number of phenolic OH excluding ortho intramolecular Hbond substituents is 2. The number of nitrogens with one attached hydrogen (secondary N) is 1. The largest absolute Gasteiger partial charge is 0.504 e. The van der Waals surface area contributed by atoms with Crippen molar-refractivity contribution in [2.75, 3.05) is 0 Å². The summed E-state index contributed by atoms with van der Waals surface area (Å²) in [5.41, 5.74) is -0.190. The lowest BCUT2D eigenvalue weighted by atomic mass is 10.1. The van der Waals surface area contributed by atoms with Crippen LogP contribution in [0.3, 0.4) is 0 Å². The Morgan fingerprint density at radius 3 is 2.61 bits per heavy atom. The van der Waals surface area contributed by atoms with Gasteiger partial charge in [-0.05, 0) is 18.6 Å². The third-order valence-corrected chi connectivity index (χ3v) is 2.27. The van der Waals surface area contributed by atoms with Crippen LogP contribution in [0.2, 0.25) is 0 Å². The Labute approximate surface area is 103 Å². The fourth-order valence-electron chi connectivity index (χ4n) is 1.34. The minimum Gasteiger partial charge on any atom is -0.504 e. The molecule has 96 valence electrons. The van der Waals surface area contributed by atoms with Crippen molar-refractivity contribution in [1.29, 1.82) is 0 Å². The summed E-state index contributed by atoms with van der Waals surface area (Å²) in [6, 6.07) is 2.73. The first-order chi connectivity index (χ1) is 8.47. The minimum absolute atomic E-state index is 0.0562. The fraction of sp³-hybridized carbons (Fsp3) is 0.167. The van der Waals surface area contributed by atoms with Gasteiger partial charge in [-0.3, -0.25) is 4.79 Å². The lowest BCUT2D eigenvalue weighted by Gasteiger charge is -2.13. The van der Waals surface area contributed by atoms with E-state index in [0.717, 1.165) is 0 Å². The van der Waals surface area contributed by atoms with Gasteiger partial charge in [0.1, 0.15) is 6.04 Å². The van der Waals surface area contributed by atoms with Gasteiger partial charge in [0.05, 0.1) is 5.56 Å². The second-order valence-electron chi connectivity index (χ2n) is 3.56. The highest BCUT2D eigenvalue weighted by molar-refractivity contribution is 5.99. The van der Waals surface area contributed by atoms with Crippen LogP contribution in [0, 0.1) is 0 Å². The maximum absolute atomic E-state index is 11.7. The van der Waals surface area contributed by atoms with E-state index in [1.807, 2.05) is 0 Å². The Hall–Kier alpha value is -2.50. The topological polar surface area (TPSA) is 107 Å². The Kier molecular flexibility index (Phi) is 4.31. The first-order valence-electron chi connectivity index (χ1n) is 5.13. The van der Waals surface area contributed by atoms with E-state index in [1.54, 1.807) is 0 Å². The number of para-hydroxylation sites is 1. The van der Waals surface area contributed by atoms with E-state index in [0.29, 0.717) is 0 Å². The molecular weight excluding hydrogens is 238 g/mol. The monoisotopic (exact) mass is 251 g/mol. The normalized spacial score (nSPS) is 11.6. The smallest absolute Gasteiger partial charge is 0.326 e. The van der Waals surface area contributed by atoms with Gasteiger partial charge in [0.2, 0.25) is 0 Å². The van der Waals surface area contributed by atoms with Gasteiger partial charge < -0.3 is 20.6 Å². The summed E-state index contributed by atoms with van der Waals surface area (Å²) in [5, 5.41) is 29.8. The number of carbonyl (C=O) groups excluding carboxylic acids is 1. The number of phenols is 2. The summed E-state index contributed by atoms with van der Waals surface area (Å²) in [6.45, 7) is 3.39. The van der Waals surface area contributed by atoms with Crippen molar-refractivity contribution in [1.82, 2.24) is 5.32 Å². The van der Waals surface area contributed by atoms with E-state index in [9.17, 15) is 19.8 Å². The van der Waals surface area contributed by atoms with Gasteiger partial charge in [0.25, 0.3) is 5.91 Å². The molecule has 0 heterocycles. The van der Waals surface area contributed by atoms with Crippen LogP contribution >= 0.6 is 0 Å². The van der Waals surface area contributed by atoms with Gasteiger partial charge in [0.15, 0.2) is 11.5 Å². The molecule has 0 fully saturated rings. The second-order valence-corrected chi connectivity index (χ2v) is 3.56. The van der Waals surface area contributed by atoms with E-state index in [2.05, 4.69) is 11.9 Å². The van der Waals surface area contributed by atoms with Crippen LogP contribution in [0.4, 0.5) is 0 Å². The van der Waals surface area contributed by atoms with Crippen LogP contribution in [0.5, 0.6) is 11.5 Å². The van der Waals surface area contributed by atoms with E-state index in [1.165, 1.54) is 24.3 Å². The minimum atomic E-state index is -1.21. The summed E-state index contributed by atoms with van der Waals surface area (Å²) in [6.07, 6.45) is 1.42. The fourth-order valence-corrected chi connectivity index (χ4v) is 1.34. The molecule has 0 spiro atoms. The average Bonchev–Trinajstić information content (AvgIpc) is 2.31. The standard InChI is InChI=1S/C12H13NO5/c1-2-4-8(12(17)18)13-11(16)7-5-3-6-9(14)10(7)15/h2-3,5-6,8,14-15H,1,4H2,(H,13,16)(H,17,18). The lowest BCUT2D eigenvalue weighted by Crippen LogP contribution is -2.40. The predicted octanol–water partition coefficient (Wildman–Crippen LogP) is 0.857. The molecular formula is C12H13NO5. The molecule has 6 nitrogen and oxygen atoms in total. The molecule has 0 aliphatic heterocycles. The zero-order chi connectivity index (χ0) is 13.7. The molecule has 0 bridgehead atoms. The molecule has 0 radical (unpaired) electrons. The molecule has 6 heteroatoms. The van der Waals surface area contributed by atoms with Gasteiger partial charge in [0, 0.05) is 0 Å². The maximum atomic E-state index is 11.7. The Bertz CT molecular complexity index is 483. The first-order valence-corrected chi connectivity index (χ1v) is 5.13. The van der Waals surface area contributed by atoms with Crippen molar-refractivity contribution in [2.24, 2.45) is 0 Å². The summed E-state index contributed by atoms with van der Waals surface area (Å²) >= 11 is 0. The molecule has 0 aliphatic rings. The van der Waals surface area contributed by atoms with Gasteiger partial charge in [-0.2, -0.15) is 0 Å². The highest BCUT2D eigenvalue weighted by Gasteiger charge is 2.21. The van der Waals surface area contributed by atoms with Crippen LogP contribution in [-0.2, 0) is 4.79 Å². The number of carboxylic acids is 1. The second kappa shape index (κ2) is 5.72. The van der Waals surface area contributed by atoms with Gasteiger partial charge in [-0.15, -0.1) is 6.58 Å². The van der Waals surface area contributed by atoms with Crippen LogP contribution in [0.25, 0.3) is 0 Å². The van der Waals surface area contributed by atoms with Gasteiger partial charge >= 0.3 is 5.97 Å². The van der Waals surface area contributed by atoms with E-state index < -0.39 is 29.4 Å². The average molecular weight is 251 g/mol. The molecule has 1 amide bonds. The maximum Gasteiger partial charge on any atom is 0.326 e. The number of carboxylic acid groups (broad SMARTS) is 1. The number of aromatic hydroxyl groups is 2. The summed E-state index contributed by atoms with van der Waals surface area (Å²) in [4.78, 5) is 22.6. The zero-order valence-electron chi connectivity index (χ0n) is 9.46. The Morgan fingerprint density at radius 1 is 1.39 bits per heavy atom. The Morgan fingerprint density at radius 2 is 2.06 bits per heavy atom. The molecule has 0 saturated heterocycles. The molecule has 1 unspecified atom stereocenters. The molecule has 1 aromatic rings. The summed E-state index contributed by atoms with van der Waals surface area (Å²) in [5.74, 6) is -3.02. The lowest BCUT2D eigenvalue weighted by molar-refractivity contribution is -0.139. The number of amides is 1. The summed E-state index contributed by atoms with van der Waals surface area (Å²) in [7, 11) is 0. The van der Waals surface area contributed by atoms with E-state index in [4.69, 9.17) is 5.11 Å². The molecule has 1 aromatic carbocycles. The van der Waals surface area contributed by atoms with E-state index >= 15 is 0 Å². The molecule has 0 aliphatic carbocycles. The molecule has 1 rings (SSSR count). The highest BCUT2D eigenvalue weighted by atomic mass is 16.4. The predicted molar refractivity (Wildman–Crippen MR) is 63.5 cm³/mol. The molecule has 0 saturated carbocycles. The van der Waals surface area contributed by atoms with Crippen molar-refractivity contribution < 1.29 is 24.9 Å². The number of hydrogen-bond donors (Lipinski definition) is 4. The van der Waals surface area contributed by atoms with Crippen LogP contribution < -0.4 is 5.32 Å². The molecule has 18 heavy (non-hydrogen) atoms. The van der Waals surface area contributed by atoms with E-state index in [-0.39, 0.29) is 12.0 Å². The Balaban J connectivity index is 2.90. The zero-order valence-corrected chi connectivity index (χ0v) is 9.46. The van der Waals surface area contributed by atoms with Crippen LogP contribution in [-0.4, -0.2) is 33.2 Å². The first kappa shape index (κ1) is 13.6. The third-order valence-electron chi connectivity index (χ3n) is 2.27. The summed E-state index contributed by atoms with van der Waals surface area (Å²) < 4.78 is 0. The number of carbonyl (C=O) groups is 2. The third kappa shape index (κ3) is 3.00. The SMILES string of the molecule is C=CCC(NC(=O)c1cccc(O)c1O)C(=O)O.